The number of aliphatic hydroxyl groups is 1. The highest BCUT2D eigenvalue weighted by molar-refractivity contribution is 5.77. The molecule has 18 heavy (non-hydrogen) atoms. The van der Waals surface area contributed by atoms with Gasteiger partial charge in [0.25, 0.3) is 5.91 Å². The molecule has 6 nitrogen and oxygen atoms in total. The molecule has 0 bridgehead atoms. The topological polar surface area (TPSA) is 76.4 Å². The minimum atomic E-state index is -0.921. The second kappa shape index (κ2) is 5.39. The Labute approximate surface area is 107 Å². The number of aromatic nitrogens is 2. The highest BCUT2D eigenvalue weighted by atomic mass is 16.5. The van der Waals surface area contributed by atoms with Crippen LogP contribution in [0.3, 0.4) is 0 Å². The number of nitrogens with zero attached hydrogens (tertiary/aromatic N) is 2. The molecule has 0 atom stereocenters. The van der Waals surface area contributed by atoms with E-state index in [-0.39, 0.29) is 19.1 Å². The average molecular weight is 255 g/mol. The van der Waals surface area contributed by atoms with Gasteiger partial charge in [0, 0.05) is 13.6 Å². The van der Waals surface area contributed by atoms with Gasteiger partial charge in [-0.2, -0.15) is 5.10 Å². The number of hydrogen-bond donors (Lipinski definition) is 2. The van der Waals surface area contributed by atoms with Gasteiger partial charge in [0.2, 0.25) is 0 Å². The summed E-state index contributed by atoms with van der Waals surface area (Å²) in [5, 5.41) is 16.3. The van der Waals surface area contributed by atoms with Crippen LogP contribution in [-0.4, -0.2) is 39.5 Å². The summed E-state index contributed by atoms with van der Waals surface area (Å²) < 4.78 is 7.15. The Kier molecular flexibility index (Phi) is 4.34. The molecule has 0 saturated heterocycles. The quantitative estimate of drug-likeness (QED) is 0.793. The normalized spacial score (nSPS) is 11.4. The summed E-state index contributed by atoms with van der Waals surface area (Å²) in [5.74, 6) is 0.371. The number of nitrogens with one attached hydrogen (secondary N) is 1. The van der Waals surface area contributed by atoms with E-state index in [1.165, 1.54) is 0 Å². The summed E-state index contributed by atoms with van der Waals surface area (Å²) in [6.45, 7) is 7.08. The fourth-order valence-corrected chi connectivity index (χ4v) is 1.47. The predicted octanol–water partition coefficient (Wildman–Crippen LogP) is 0.303. The van der Waals surface area contributed by atoms with Crippen molar-refractivity contribution in [2.75, 3.05) is 13.2 Å². The van der Waals surface area contributed by atoms with E-state index in [1.54, 1.807) is 18.5 Å². The van der Waals surface area contributed by atoms with Crippen LogP contribution < -0.4 is 10.1 Å². The fourth-order valence-electron chi connectivity index (χ4n) is 1.47. The van der Waals surface area contributed by atoms with Crippen LogP contribution in [0.1, 0.15) is 25.2 Å². The first-order valence-corrected chi connectivity index (χ1v) is 5.83. The highest BCUT2D eigenvalue weighted by Gasteiger charge is 2.15. The van der Waals surface area contributed by atoms with E-state index in [0.717, 1.165) is 11.4 Å². The summed E-state index contributed by atoms with van der Waals surface area (Å²) in [5.41, 5.74) is 0.712. The molecule has 0 radical (unpaired) electrons. The van der Waals surface area contributed by atoms with Gasteiger partial charge in [0.05, 0.1) is 11.3 Å². The van der Waals surface area contributed by atoms with Crippen LogP contribution in [0.25, 0.3) is 0 Å². The number of amides is 1. The Morgan fingerprint density at radius 3 is 2.56 bits per heavy atom. The SMILES string of the molecule is Cc1nn(C)c(C)c1OCC(=O)NCC(C)(C)O. The molecule has 0 aliphatic carbocycles. The Morgan fingerprint density at radius 2 is 2.11 bits per heavy atom. The van der Waals surface area contributed by atoms with Gasteiger partial charge >= 0.3 is 0 Å². The van der Waals surface area contributed by atoms with Crippen LogP contribution in [0.2, 0.25) is 0 Å². The summed E-state index contributed by atoms with van der Waals surface area (Å²) in [7, 11) is 1.82. The van der Waals surface area contributed by atoms with Gasteiger partial charge < -0.3 is 15.2 Å². The van der Waals surface area contributed by atoms with Crippen molar-refractivity contribution in [2.45, 2.75) is 33.3 Å². The zero-order valence-electron chi connectivity index (χ0n) is 11.6. The van der Waals surface area contributed by atoms with E-state index in [2.05, 4.69) is 10.4 Å². The molecule has 0 saturated carbocycles. The lowest BCUT2D eigenvalue weighted by molar-refractivity contribution is -0.124. The molecule has 1 rings (SSSR count). The molecule has 1 aromatic rings. The monoisotopic (exact) mass is 255 g/mol. The zero-order valence-corrected chi connectivity index (χ0v) is 11.6. The predicted molar refractivity (Wildman–Crippen MR) is 67.5 cm³/mol. The second-order valence-electron chi connectivity index (χ2n) is 5.00. The van der Waals surface area contributed by atoms with Gasteiger partial charge in [-0.25, -0.2) is 0 Å². The number of aryl methyl sites for hydroxylation is 2. The van der Waals surface area contributed by atoms with E-state index in [1.807, 2.05) is 20.9 Å². The highest BCUT2D eigenvalue weighted by Crippen LogP contribution is 2.20. The van der Waals surface area contributed by atoms with Crippen LogP contribution in [-0.2, 0) is 11.8 Å². The maximum absolute atomic E-state index is 11.5. The molecule has 102 valence electrons. The lowest BCUT2D eigenvalue weighted by Gasteiger charge is -2.17. The van der Waals surface area contributed by atoms with E-state index in [4.69, 9.17) is 4.74 Å². The van der Waals surface area contributed by atoms with Gasteiger partial charge in [-0.3, -0.25) is 9.48 Å². The first-order valence-electron chi connectivity index (χ1n) is 5.83. The lowest BCUT2D eigenvalue weighted by atomic mass is 10.1. The van der Waals surface area contributed by atoms with Crippen molar-refractivity contribution >= 4 is 5.91 Å². The standard InChI is InChI=1S/C12H21N3O3/c1-8-11(9(2)15(5)14-8)18-6-10(16)13-7-12(3,4)17/h17H,6-7H2,1-5H3,(H,13,16). The van der Waals surface area contributed by atoms with Crippen molar-refractivity contribution < 1.29 is 14.6 Å². The fraction of sp³-hybridized carbons (Fsp3) is 0.667. The summed E-state index contributed by atoms with van der Waals surface area (Å²) in [4.78, 5) is 11.5. The van der Waals surface area contributed by atoms with E-state index < -0.39 is 5.60 Å². The third-order valence-corrected chi connectivity index (χ3v) is 2.51. The molecule has 6 heteroatoms. The number of ether oxygens (including phenoxy) is 1. The Morgan fingerprint density at radius 1 is 1.50 bits per heavy atom. The molecular formula is C12H21N3O3. The smallest absolute Gasteiger partial charge is 0.258 e. The lowest BCUT2D eigenvalue weighted by Crippen LogP contribution is -2.40. The third-order valence-electron chi connectivity index (χ3n) is 2.51. The second-order valence-corrected chi connectivity index (χ2v) is 5.00. The molecule has 1 heterocycles. The van der Waals surface area contributed by atoms with Crippen molar-refractivity contribution in [2.24, 2.45) is 7.05 Å². The molecule has 0 aromatic carbocycles. The molecule has 1 amide bonds. The van der Waals surface area contributed by atoms with Crippen molar-refractivity contribution in [1.82, 2.24) is 15.1 Å². The van der Waals surface area contributed by atoms with Crippen molar-refractivity contribution in [3.8, 4) is 5.75 Å². The first kappa shape index (κ1) is 14.5. The van der Waals surface area contributed by atoms with E-state index in [0.29, 0.717) is 5.75 Å². The van der Waals surface area contributed by atoms with Crippen molar-refractivity contribution in [3.05, 3.63) is 11.4 Å². The molecule has 0 spiro atoms. The molecule has 0 aliphatic heterocycles. The Bertz CT molecular complexity index is 433. The van der Waals surface area contributed by atoms with E-state index in [9.17, 15) is 9.90 Å². The number of carbonyl (C=O) groups is 1. The molecule has 0 aliphatic rings. The minimum absolute atomic E-state index is 0.0799. The van der Waals surface area contributed by atoms with Gasteiger partial charge in [-0.15, -0.1) is 0 Å². The first-order chi connectivity index (χ1) is 8.20. The van der Waals surface area contributed by atoms with Gasteiger partial charge in [0.15, 0.2) is 12.4 Å². The van der Waals surface area contributed by atoms with E-state index >= 15 is 0 Å². The summed E-state index contributed by atoms with van der Waals surface area (Å²) in [6, 6.07) is 0. The van der Waals surface area contributed by atoms with Gasteiger partial charge in [0.1, 0.15) is 5.69 Å². The summed E-state index contributed by atoms with van der Waals surface area (Å²) in [6.07, 6.45) is 0. The number of carbonyl (C=O) groups excluding carboxylic acids is 1. The van der Waals surface area contributed by atoms with Crippen LogP contribution in [0.4, 0.5) is 0 Å². The molecule has 1 aromatic heterocycles. The van der Waals surface area contributed by atoms with Crippen molar-refractivity contribution in [1.29, 1.82) is 0 Å². The van der Waals surface area contributed by atoms with Crippen LogP contribution in [0.15, 0.2) is 0 Å². The molecule has 0 unspecified atom stereocenters. The number of rotatable bonds is 5. The van der Waals surface area contributed by atoms with Crippen LogP contribution in [0.5, 0.6) is 5.75 Å². The van der Waals surface area contributed by atoms with Crippen LogP contribution >= 0.6 is 0 Å². The average Bonchev–Trinajstić information content (AvgIpc) is 2.47. The molecule has 0 fully saturated rings. The minimum Gasteiger partial charge on any atom is -0.480 e. The number of hydrogen-bond acceptors (Lipinski definition) is 4. The van der Waals surface area contributed by atoms with Gasteiger partial charge in [-0.05, 0) is 27.7 Å². The molecule has 2 N–H and O–H groups in total. The maximum atomic E-state index is 11.5. The van der Waals surface area contributed by atoms with Crippen molar-refractivity contribution in [3.63, 3.8) is 0 Å². The van der Waals surface area contributed by atoms with Crippen LogP contribution in [0, 0.1) is 13.8 Å². The molecular weight excluding hydrogens is 234 g/mol. The summed E-state index contributed by atoms with van der Waals surface area (Å²) >= 11 is 0. The maximum Gasteiger partial charge on any atom is 0.258 e. The van der Waals surface area contributed by atoms with Gasteiger partial charge in [-0.1, -0.05) is 0 Å². The third kappa shape index (κ3) is 4.03. The largest absolute Gasteiger partial charge is 0.480 e. The zero-order chi connectivity index (χ0) is 13.9. The Balaban J connectivity index is 2.48. The Hall–Kier alpha value is -1.56.